The van der Waals surface area contributed by atoms with Crippen LogP contribution in [-0.4, -0.2) is 33.4 Å². The van der Waals surface area contributed by atoms with E-state index in [-0.39, 0.29) is 4.90 Å². The van der Waals surface area contributed by atoms with Crippen LogP contribution < -0.4 is 4.74 Å². The first-order valence-electron chi connectivity index (χ1n) is 5.16. The smallest absolute Gasteiger partial charge is 0.246 e. The standard InChI is InChI=1S/C11H16ClNO3S/c1-4-13(2)17(14,15)11-6-5-9(8-12)7-10(11)16-3/h5-7H,4,8H2,1-3H3. The topological polar surface area (TPSA) is 46.6 Å². The number of hydrogen-bond donors (Lipinski definition) is 0. The second kappa shape index (κ2) is 5.71. The summed E-state index contributed by atoms with van der Waals surface area (Å²) >= 11 is 5.70. The number of rotatable bonds is 5. The molecule has 17 heavy (non-hydrogen) atoms. The number of methoxy groups -OCH3 is 1. The lowest BCUT2D eigenvalue weighted by Crippen LogP contribution is -2.26. The zero-order valence-electron chi connectivity index (χ0n) is 10.1. The predicted molar refractivity (Wildman–Crippen MR) is 68.0 cm³/mol. The molecule has 0 heterocycles. The maximum Gasteiger partial charge on any atom is 0.246 e. The third kappa shape index (κ3) is 2.91. The molecule has 0 unspecified atom stereocenters. The Morgan fingerprint density at radius 1 is 1.41 bits per heavy atom. The molecule has 0 amide bonds. The Kier molecular flexibility index (Phi) is 4.80. The monoisotopic (exact) mass is 277 g/mol. The third-order valence-corrected chi connectivity index (χ3v) is 4.80. The van der Waals surface area contributed by atoms with Gasteiger partial charge in [0.15, 0.2) is 0 Å². The van der Waals surface area contributed by atoms with E-state index in [1.54, 1.807) is 19.1 Å². The summed E-state index contributed by atoms with van der Waals surface area (Å²) in [4.78, 5) is 0.165. The molecular formula is C11H16ClNO3S. The predicted octanol–water partition coefficient (Wildman–Crippen LogP) is 2.07. The largest absolute Gasteiger partial charge is 0.495 e. The zero-order valence-corrected chi connectivity index (χ0v) is 11.7. The van der Waals surface area contributed by atoms with Gasteiger partial charge in [-0.25, -0.2) is 12.7 Å². The van der Waals surface area contributed by atoms with Crippen LogP contribution >= 0.6 is 11.6 Å². The quantitative estimate of drug-likeness (QED) is 0.774. The van der Waals surface area contributed by atoms with Gasteiger partial charge >= 0.3 is 0 Å². The molecule has 0 saturated carbocycles. The van der Waals surface area contributed by atoms with E-state index in [0.29, 0.717) is 18.2 Å². The van der Waals surface area contributed by atoms with Gasteiger partial charge in [0.25, 0.3) is 0 Å². The Morgan fingerprint density at radius 3 is 2.53 bits per heavy atom. The Morgan fingerprint density at radius 2 is 2.06 bits per heavy atom. The molecular weight excluding hydrogens is 262 g/mol. The second-order valence-electron chi connectivity index (χ2n) is 3.54. The molecule has 1 aromatic carbocycles. The average Bonchev–Trinajstić information content (AvgIpc) is 2.36. The lowest BCUT2D eigenvalue weighted by atomic mass is 10.2. The van der Waals surface area contributed by atoms with Crippen LogP contribution in [0.15, 0.2) is 23.1 Å². The van der Waals surface area contributed by atoms with Crippen molar-refractivity contribution in [2.75, 3.05) is 20.7 Å². The maximum atomic E-state index is 12.2. The van der Waals surface area contributed by atoms with Gasteiger partial charge in [-0.3, -0.25) is 0 Å². The fraction of sp³-hybridized carbons (Fsp3) is 0.455. The van der Waals surface area contributed by atoms with E-state index in [2.05, 4.69) is 0 Å². The fourth-order valence-electron chi connectivity index (χ4n) is 1.35. The summed E-state index contributed by atoms with van der Waals surface area (Å²) in [6.45, 7) is 2.18. The van der Waals surface area contributed by atoms with Crippen molar-refractivity contribution in [1.82, 2.24) is 4.31 Å². The van der Waals surface area contributed by atoms with Gasteiger partial charge in [-0.05, 0) is 17.7 Å². The summed E-state index contributed by atoms with van der Waals surface area (Å²) in [6.07, 6.45) is 0. The highest BCUT2D eigenvalue weighted by Gasteiger charge is 2.23. The molecule has 0 N–H and O–H groups in total. The van der Waals surface area contributed by atoms with Gasteiger partial charge in [-0.15, -0.1) is 11.6 Å². The highest BCUT2D eigenvalue weighted by Crippen LogP contribution is 2.27. The highest BCUT2D eigenvalue weighted by atomic mass is 35.5. The van der Waals surface area contributed by atoms with Crippen LogP contribution in [0.5, 0.6) is 5.75 Å². The van der Waals surface area contributed by atoms with Crippen molar-refractivity contribution in [3.8, 4) is 5.75 Å². The summed E-state index contributed by atoms with van der Waals surface area (Å²) in [6, 6.07) is 4.85. The van der Waals surface area contributed by atoms with E-state index in [0.717, 1.165) is 5.56 Å². The lowest BCUT2D eigenvalue weighted by molar-refractivity contribution is 0.398. The molecule has 96 valence electrons. The summed E-state index contributed by atoms with van der Waals surface area (Å²) in [5.74, 6) is 0.642. The highest BCUT2D eigenvalue weighted by molar-refractivity contribution is 7.89. The lowest BCUT2D eigenvalue weighted by Gasteiger charge is -2.17. The Balaban J connectivity index is 3.32. The van der Waals surface area contributed by atoms with Crippen molar-refractivity contribution in [3.05, 3.63) is 23.8 Å². The number of alkyl halides is 1. The normalized spacial score (nSPS) is 11.8. The molecule has 0 aromatic heterocycles. The number of hydrogen-bond acceptors (Lipinski definition) is 3. The average molecular weight is 278 g/mol. The van der Waals surface area contributed by atoms with Crippen LogP contribution in [0.3, 0.4) is 0 Å². The molecule has 1 aromatic rings. The molecule has 0 fully saturated rings. The summed E-state index contributed by atoms with van der Waals surface area (Å²) in [5, 5.41) is 0. The van der Waals surface area contributed by atoms with E-state index >= 15 is 0 Å². The van der Waals surface area contributed by atoms with E-state index in [1.807, 2.05) is 0 Å². The molecule has 1 rings (SSSR count). The van der Waals surface area contributed by atoms with Crippen molar-refractivity contribution in [2.45, 2.75) is 17.7 Å². The van der Waals surface area contributed by atoms with E-state index in [9.17, 15) is 8.42 Å². The van der Waals surface area contributed by atoms with Crippen LogP contribution in [-0.2, 0) is 15.9 Å². The van der Waals surface area contributed by atoms with Gasteiger partial charge in [0.2, 0.25) is 10.0 Å². The van der Waals surface area contributed by atoms with Gasteiger partial charge < -0.3 is 4.74 Å². The van der Waals surface area contributed by atoms with Crippen LogP contribution in [0.2, 0.25) is 0 Å². The SMILES string of the molecule is CCN(C)S(=O)(=O)c1ccc(CCl)cc1OC. The van der Waals surface area contributed by atoms with Gasteiger partial charge in [-0.2, -0.15) is 0 Å². The number of halogens is 1. The van der Waals surface area contributed by atoms with E-state index in [1.165, 1.54) is 24.5 Å². The molecule has 0 atom stereocenters. The molecule has 0 saturated heterocycles. The minimum absolute atomic E-state index is 0.165. The number of benzene rings is 1. The first kappa shape index (κ1) is 14.3. The van der Waals surface area contributed by atoms with E-state index < -0.39 is 10.0 Å². The molecule has 0 bridgehead atoms. The van der Waals surface area contributed by atoms with Crippen LogP contribution in [0, 0.1) is 0 Å². The Labute approximate surface area is 107 Å². The maximum absolute atomic E-state index is 12.2. The molecule has 0 aliphatic rings. The molecule has 0 aliphatic carbocycles. The summed E-state index contributed by atoms with van der Waals surface area (Å²) < 4.78 is 30.7. The first-order chi connectivity index (χ1) is 7.97. The van der Waals surface area contributed by atoms with Crippen molar-refractivity contribution in [2.24, 2.45) is 0 Å². The Hall–Kier alpha value is -0.780. The molecule has 0 radical (unpaired) electrons. The molecule has 0 spiro atoms. The number of nitrogens with zero attached hydrogens (tertiary/aromatic N) is 1. The van der Waals surface area contributed by atoms with Gasteiger partial charge in [0.05, 0.1) is 7.11 Å². The minimum Gasteiger partial charge on any atom is -0.495 e. The molecule has 6 heteroatoms. The third-order valence-electron chi connectivity index (χ3n) is 2.52. The zero-order chi connectivity index (χ0) is 13.1. The van der Waals surface area contributed by atoms with Gasteiger partial charge in [-0.1, -0.05) is 13.0 Å². The number of sulfonamides is 1. The fourth-order valence-corrected chi connectivity index (χ4v) is 2.82. The van der Waals surface area contributed by atoms with Gasteiger partial charge in [0.1, 0.15) is 10.6 Å². The number of ether oxygens (including phenoxy) is 1. The molecule has 4 nitrogen and oxygen atoms in total. The van der Waals surface area contributed by atoms with E-state index in [4.69, 9.17) is 16.3 Å². The van der Waals surface area contributed by atoms with Crippen LogP contribution in [0.4, 0.5) is 0 Å². The Bertz CT molecular complexity index is 487. The van der Waals surface area contributed by atoms with Crippen LogP contribution in [0.25, 0.3) is 0 Å². The minimum atomic E-state index is -3.49. The second-order valence-corrected chi connectivity index (χ2v) is 5.82. The van der Waals surface area contributed by atoms with Gasteiger partial charge in [0, 0.05) is 19.5 Å². The van der Waals surface area contributed by atoms with Crippen molar-refractivity contribution in [1.29, 1.82) is 0 Å². The van der Waals surface area contributed by atoms with Crippen molar-refractivity contribution < 1.29 is 13.2 Å². The summed E-state index contributed by atoms with van der Waals surface area (Å²) in [5.41, 5.74) is 0.821. The van der Waals surface area contributed by atoms with Crippen molar-refractivity contribution in [3.63, 3.8) is 0 Å². The van der Waals surface area contributed by atoms with Crippen molar-refractivity contribution >= 4 is 21.6 Å². The molecule has 0 aliphatic heterocycles. The van der Waals surface area contributed by atoms with Crippen LogP contribution in [0.1, 0.15) is 12.5 Å². The summed E-state index contributed by atoms with van der Waals surface area (Å²) in [7, 11) is -0.517. The first-order valence-corrected chi connectivity index (χ1v) is 7.14.